The lowest BCUT2D eigenvalue weighted by Gasteiger charge is -2.04. The number of hydrogen-bond acceptors (Lipinski definition) is 2. The third-order valence-electron chi connectivity index (χ3n) is 3.70. The number of rotatable bonds is 2. The lowest BCUT2D eigenvalue weighted by atomic mass is 10.0. The molecule has 0 saturated carbocycles. The van der Waals surface area contributed by atoms with Crippen molar-refractivity contribution in [2.75, 3.05) is 0 Å². The SMILES string of the molecule is Cc1cc(-c2ccc(S(N)(=O)=O)cc2)c2n1CCC2. The Morgan fingerprint density at radius 3 is 2.53 bits per heavy atom. The van der Waals surface area contributed by atoms with Gasteiger partial charge in [0, 0.05) is 23.5 Å². The maximum Gasteiger partial charge on any atom is 0.238 e. The topological polar surface area (TPSA) is 65.1 Å². The summed E-state index contributed by atoms with van der Waals surface area (Å²) in [4.78, 5) is 0.156. The summed E-state index contributed by atoms with van der Waals surface area (Å²) in [6.45, 7) is 3.19. The standard InChI is InChI=1S/C14H16N2O2S/c1-10-9-13(14-3-2-8-16(10)14)11-4-6-12(7-5-11)19(15,17)18/h4-7,9H,2-3,8H2,1H3,(H2,15,17,18). The van der Waals surface area contributed by atoms with Crippen molar-refractivity contribution in [1.29, 1.82) is 0 Å². The van der Waals surface area contributed by atoms with Gasteiger partial charge in [-0.05, 0) is 43.5 Å². The zero-order valence-corrected chi connectivity index (χ0v) is 11.6. The average Bonchev–Trinajstić information content (AvgIpc) is 2.93. The van der Waals surface area contributed by atoms with Crippen molar-refractivity contribution in [3.63, 3.8) is 0 Å². The highest BCUT2D eigenvalue weighted by Crippen LogP contribution is 2.32. The van der Waals surface area contributed by atoms with Gasteiger partial charge >= 0.3 is 0 Å². The number of sulfonamides is 1. The van der Waals surface area contributed by atoms with Gasteiger partial charge in [-0.15, -0.1) is 0 Å². The van der Waals surface area contributed by atoms with Crippen molar-refractivity contribution in [1.82, 2.24) is 4.57 Å². The quantitative estimate of drug-likeness (QED) is 0.912. The van der Waals surface area contributed by atoms with Gasteiger partial charge in [0.25, 0.3) is 0 Å². The summed E-state index contributed by atoms with van der Waals surface area (Å²) in [5, 5.41) is 5.11. The van der Waals surface area contributed by atoms with Gasteiger partial charge in [-0.25, -0.2) is 13.6 Å². The first-order valence-electron chi connectivity index (χ1n) is 6.29. The summed E-state index contributed by atoms with van der Waals surface area (Å²) < 4.78 is 24.8. The van der Waals surface area contributed by atoms with E-state index in [2.05, 4.69) is 17.6 Å². The highest BCUT2D eigenvalue weighted by Gasteiger charge is 2.18. The Bertz CT molecular complexity index is 728. The van der Waals surface area contributed by atoms with Crippen LogP contribution in [-0.4, -0.2) is 13.0 Å². The fraction of sp³-hybridized carbons (Fsp3) is 0.286. The molecule has 2 heterocycles. The largest absolute Gasteiger partial charge is 0.348 e. The highest BCUT2D eigenvalue weighted by molar-refractivity contribution is 7.89. The number of hydrogen-bond donors (Lipinski definition) is 1. The van der Waals surface area contributed by atoms with Crippen LogP contribution in [0.1, 0.15) is 17.8 Å². The molecule has 2 aromatic rings. The van der Waals surface area contributed by atoms with E-state index in [-0.39, 0.29) is 4.90 Å². The molecule has 0 fully saturated rings. The second-order valence-corrected chi connectivity index (χ2v) is 6.53. The van der Waals surface area contributed by atoms with E-state index in [9.17, 15) is 8.42 Å². The number of benzene rings is 1. The lowest BCUT2D eigenvalue weighted by Crippen LogP contribution is -2.11. The van der Waals surface area contributed by atoms with Gasteiger partial charge in [0.2, 0.25) is 10.0 Å². The molecule has 0 saturated heterocycles. The van der Waals surface area contributed by atoms with E-state index in [4.69, 9.17) is 5.14 Å². The van der Waals surface area contributed by atoms with Crippen LogP contribution in [0.2, 0.25) is 0 Å². The van der Waals surface area contributed by atoms with Crippen molar-refractivity contribution < 1.29 is 8.42 Å². The molecule has 3 rings (SSSR count). The second kappa shape index (κ2) is 4.21. The molecular formula is C14H16N2O2S. The maximum absolute atomic E-state index is 11.2. The Balaban J connectivity index is 2.07. The summed E-state index contributed by atoms with van der Waals surface area (Å²) in [6, 6.07) is 8.96. The molecule has 0 unspecified atom stereocenters. The molecule has 1 aliphatic rings. The number of aryl methyl sites for hydroxylation is 1. The molecule has 0 amide bonds. The van der Waals surface area contributed by atoms with Crippen LogP contribution in [0, 0.1) is 6.92 Å². The molecule has 2 N–H and O–H groups in total. The van der Waals surface area contributed by atoms with E-state index >= 15 is 0 Å². The minimum Gasteiger partial charge on any atom is -0.348 e. The fourth-order valence-corrected chi connectivity index (χ4v) is 3.30. The van der Waals surface area contributed by atoms with Crippen LogP contribution < -0.4 is 5.14 Å². The fourth-order valence-electron chi connectivity index (χ4n) is 2.79. The number of aromatic nitrogens is 1. The number of fused-ring (bicyclic) bond motifs is 1. The predicted molar refractivity (Wildman–Crippen MR) is 74.3 cm³/mol. The molecule has 1 aliphatic heterocycles. The van der Waals surface area contributed by atoms with Gasteiger partial charge in [-0.2, -0.15) is 0 Å². The van der Waals surface area contributed by atoms with Crippen LogP contribution in [0.15, 0.2) is 35.2 Å². The summed E-state index contributed by atoms with van der Waals surface area (Å²) in [6.07, 6.45) is 2.26. The lowest BCUT2D eigenvalue weighted by molar-refractivity contribution is 0.598. The first-order valence-corrected chi connectivity index (χ1v) is 7.84. The monoisotopic (exact) mass is 276 g/mol. The van der Waals surface area contributed by atoms with Crippen LogP contribution in [-0.2, 0) is 23.0 Å². The maximum atomic E-state index is 11.2. The van der Waals surface area contributed by atoms with Crippen molar-refractivity contribution in [2.45, 2.75) is 31.2 Å². The van der Waals surface area contributed by atoms with E-state index in [1.807, 2.05) is 12.1 Å². The highest BCUT2D eigenvalue weighted by atomic mass is 32.2. The molecule has 0 aliphatic carbocycles. The molecule has 1 aromatic carbocycles. The van der Waals surface area contributed by atoms with Crippen LogP contribution in [0.3, 0.4) is 0 Å². The van der Waals surface area contributed by atoms with E-state index in [0.29, 0.717) is 0 Å². The first kappa shape index (κ1) is 12.4. The second-order valence-electron chi connectivity index (χ2n) is 4.97. The van der Waals surface area contributed by atoms with E-state index in [1.165, 1.54) is 23.4 Å². The van der Waals surface area contributed by atoms with Gasteiger partial charge in [0.1, 0.15) is 0 Å². The number of nitrogens with two attached hydrogens (primary N) is 1. The van der Waals surface area contributed by atoms with Crippen LogP contribution in [0.25, 0.3) is 11.1 Å². The Morgan fingerprint density at radius 2 is 1.89 bits per heavy atom. The molecule has 4 nitrogen and oxygen atoms in total. The van der Waals surface area contributed by atoms with E-state index in [1.54, 1.807) is 12.1 Å². The molecule has 0 atom stereocenters. The third-order valence-corrected chi connectivity index (χ3v) is 4.63. The summed E-state index contributed by atoms with van der Waals surface area (Å²) in [5.74, 6) is 0. The molecule has 5 heteroatoms. The zero-order chi connectivity index (χ0) is 13.6. The van der Waals surface area contributed by atoms with Gasteiger partial charge in [0.15, 0.2) is 0 Å². The molecule has 0 radical (unpaired) electrons. The van der Waals surface area contributed by atoms with Crippen molar-refractivity contribution in [3.8, 4) is 11.1 Å². The van der Waals surface area contributed by atoms with E-state index in [0.717, 1.165) is 18.5 Å². The predicted octanol–water partition coefficient (Wildman–Crippen LogP) is 2.06. The summed E-state index contributed by atoms with van der Waals surface area (Å²) in [5.41, 5.74) is 4.86. The Kier molecular flexibility index (Phi) is 2.76. The normalized spacial score (nSPS) is 14.6. The number of nitrogens with zero attached hydrogens (tertiary/aromatic N) is 1. The Hall–Kier alpha value is -1.59. The van der Waals surface area contributed by atoms with Gasteiger partial charge in [0.05, 0.1) is 4.90 Å². The molecule has 0 spiro atoms. The van der Waals surface area contributed by atoms with Crippen LogP contribution >= 0.6 is 0 Å². The molecule has 100 valence electrons. The van der Waals surface area contributed by atoms with Gasteiger partial charge < -0.3 is 4.57 Å². The van der Waals surface area contributed by atoms with Gasteiger partial charge in [-0.1, -0.05) is 12.1 Å². The minimum absolute atomic E-state index is 0.156. The van der Waals surface area contributed by atoms with Crippen molar-refractivity contribution in [3.05, 3.63) is 41.7 Å². The Labute approximate surface area is 112 Å². The summed E-state index contributed by atoms with van der Waals surface area (Å²) in [7, 11) is -3.61. The molecule has 0 bridgehead atoms. The smallest absolute Gasteiger partial charge is 0.238 e. The molecule has 19 heavy (non-hydrogen) atoms. The van der Waals surface area contributed by atoms with Crippen molar-refractivity contribution in [2.24, 2.45) is 5.14 Å². The molecule has 1 aromatic heterocycles. The summed E-state index contributed by atoms with van der Waals surface area (Å²) >= 11 is 0. The third kappa shape index (κ3) is 2.09. The van der Waals surface area contributed by atoms with Crippen LogP contribution in [0.5, 0.6) is 0 Å². The van der Waals surface area contributed by atoms with Gasteiger partial charge in [-0.3, -0.25) is 0 Å². The Morgan fingerprint density at radius 1 is 1.21 bits per heavy atom. The average molecular weight is 276 g/mol. The minimum atomic E-state index is -3.61. The number of primary sulfonamides is 1. The van der Waals surface area contributed by atoms with Crippen molar-refractivity contribution >= 4 is 10.0 Å². The first-order chi connectivity index (χ1) is 8.97. The molecular weight excluding hydrogens is 260 g/mol. The zero-order valence-electron chi connectivity index (χ0n) is 10.8. The van der Waals surface area contributed by atoms with E-state index < -0.39 is 10.0 Å². The van der Waals surface area contributed by atoms with Crippen LogP contribution in [0.4, 0.5) is 0 Å².